The van der Waals surface area contributed by atoms with Crippen LogP contribution in [-0.4, -0.2) is 47.2 Å². The number of aromatic hydroxyl groups is 2. The molecule has 0 bridgehead atoms. The summed E-state index contributed by atoms with van der Waals surface area (Å²) in [6.07, 6.45) is 8.16. The second-order valence-electron chi connectivity index (χ2n) is 9.85. The first kappa shape index (κ1) is 28.5. The average Bonchev–Trinajstić information content (AvgIpc) is 2.89. The van der Waals surface area contributed by atoms with E-state index in [9.17, 15) is 24.9 Å². The van der Waals surface area contributed by atoms with Crippen molar-refractivity contribution in [2.75, 3.05) is 14.2 Å². The van der Waals surface area contributed by atoms with Gasteiger partial charge < -0.3 is 24.8 Å². The van der Waals surface area contributed by atoms with Gasteiger partial charge >= 0.3 is 0 Å². The quantitative estimate of drug-likeness (QED) is 0.231. The Labute approximate surface area is 223 Å². The van der Waals surface area contributed by atoms with E-state index >= 15 is 0 Å². The van der Waals surface area contributed by atoms with E-state index in [1.807, 2.05) is 6.92 Å². The molecule has 1 aliphatic rings. The van der Waals surface area contributed by atoms with Gasteiger partial charge in [-0.2, -0.15) is 0 Å². The molecule has 1 unspecified atom stereocenters. The SMILES string of the molecule is COc1cc(C=CC(=O)C(=Cc2ccc(O)c(OC)c2)C(=O)C=CC2=C(C)C(O)CCC2(C)C)ccc1O. The van der Waals surface area contributed by atoms with E-state index in [0.29, 0.717) is 17.5 Å². The van der Waals surface area contributed by atoms with Crippen molar-refractivity contribution in [1.29, 1.82) is 0 Å². The van der Waals surface area contributed by atoms with E-state index < -0.39 is 17.7 Å². The lowest BCUT2D eigenvalue weighted by Crippen LogP contribution is -2.27. The number of phenolic OH excluding ortho intramolecular Hbond substituents is 2. The van der Waals surface area contributed by atoms with Crippen LogP contribution in [0.15, 0.2) is 71.3 Å². The molecule has 38 heavy (non-hydrogen) atoms. The predicted octanol–water partition coefficient (Wildman–Crippen LogP) is 5.40. The maximum absolute atomic E-state index is 13.4. The van der Waals surface area contributed by atoms with Crippen molar-refractivity contribution in [3.63, 3.8) is 0 Å². The first-order valence-corrected chi connectivity index (χ1v) is 12.3. The molecule has 0 fully saturated rings. The highest BCUT2D eigenvalue weighted by atomic mass is 16.5. The number of hydrogen-bond donors (Lipinski definition) is 3. The van der Waals surface area contributed by atoms with Gasteiger partial charge in [-0.25, -0.2) is 0 Å². The first-order valence-electron chi connectivity index (χ1n) is 12.3. The summed E-state index contributed by atoms with van der Waals surface area (Å²) in [7, 11) is 2.84. The fraction of sp³-hybridized carbons (Fsp3) is 0.290. The maximum Gasteiger partial charge on any atom is 0.189 e. The van der Waals surface area contributed by atoms with Gasteiger partial charge in [0.1, 0.15) is 0 Å². The fourth-order valence-corrected chi connectivity index (χ4v) is 4.44. The molecule has 0 aromatic heterocycles. The normalized spacial score (nSPS) is 17.7. The van der Waals surface area contributed by atoms with E-state index in [-0.39, 0.29) is 34.0 Å². The van der Waals surface area contributed by atoms with Crippen molar-refractivity contribution in [2.24, 2.45) is 5.41 Å². The lowest BCUT2D eigenvalue weighted by Gasteiger charge is -2.35. The van der Waals surface area contributed by atoms with Gasteiger partial charge in [-0.05, 0) is 89.9 Å². The predicted molar refractivity (Wildman–Crippen MR) is 147 cm³/mol. The van der Waals surface area contributed by atoms with Crippen LogP contribution in [0.25, 0.3) is 12.2 Å². The van der Waals surface area contributed by atoms with E-state index in [1.54, 1.807) is 24.3 Å². The molecule has 0 saturated carbocycles. The molecular weight excluding hydrogens is 484 g/mol. The molecule has 7 nitrogen and oxygen atoms in total. The number of allylic oxidation sites excluding steroid dienone is 5. The number of ketones is 2. The number of carbonyl (C=O) groups excluding carboxylic acids is 2. The molecule has 200 valence electrons. The molecule has 2 aromatic rings. The van der Waals surface area contributed by atoms with Crippen LogP contribution in [0.2, 0.25) is 0 Å². The number of hydrogen-bond acceptors (Lipinski definition) is 7. The zero-order chi connectivity index (χ0) is 28.0. The molecule has 3 rings (SSSR count). The third kappa shape index (κ3) is 6.61. The Morgan fingerprint density at radius 2 is 1.42 bits per heavy atom. The zero-order valence-electron chi connectivity index (χ0n) is 22.3. The Morgan fingerprint density at radius 1 is 0.895 bits per heavy atom. The number of aliphatic hydroxyl groups excluding tert-OH is 1. The number of benzene rings is 2. The summed E-state index contributed by atoms with van der Waals surface area (Å²) in [5, 5.41) is 30.1. The number of aliphatic hydroxyl groups is 1. The second kappa shape index (κ2) is 12.0. The molecule has 7 heteroatoms. The summed E-state index contributed by atoms with van der Waals surface area (Å²) < 4.78 is 10.3. The van der Waals surface area contributed by atoms with E-state index in [4.69, 9.17) is 9.47 Å². The highest BCUT2D eigenvalue weighted by Crippen LogP contribution is 2.41. The maximum atomic E-state index is 13.4. The topological polar surface area (TPSA) is 113 Å². The molecule has 0 amide bonds. The first-order chi connectivity index (χ1) is 18.0. The van der Waals surface area contributed by atoms with Gasteiger partial charge in [0.05, 0.1) is 25.9 Å². The summed E-state index contributed by atoms with van der Waals surface area (Å²) in [6, 6.07) is 9.16. The van der Waals surface area contributed by atoms with Crippen LogP contribution in [0, 0.1) is 5.41 Å². The Bertz CT molecular complexity index is 1340. The second-order valence-corrected chi connectivity index (χ2v) is 9.85. The van der Waals surface area contributed by atoms with Gasteiger partial charge in [0, 0.05) is 0 Å². The minimum atomic E-state index is -0.566. The molecule has 0 aliphatic heterocycles. The molecule has 3 N–H and O–H groups in total. The number of carbonyl (C=O) groups is 2. The van der Waals surface area contributed by atoms with Crippen molar-refractivity contribution in [1.82, 2.24) is 0 Å². The van der Waals surface area contributed by atoms with Crippen LogP contribution in [0.3, 0.4) is 0 Å². The summed E-state index contributed by atoms with van der Waals surface area (Å²) in [5.41, 5.74) is 2.45. The molecule has 0 saturated heterocycles. The molecule has 0 heterocycles. The summed E-state index contributed by atoms with van der Waals surface area (Å²) in [4.78, 5) is 26.7. The van der Waals surface area contributed by atoms with E-state index in [2.05, 4.69) is 13.8 Å². The molecular formula is C31H34O7. The highest BCUT2D eigenvalue weighted by molar-refractivity contribution is 6.30. The van der Waals surface area contributed by atoms with Gasteiger partial charge in [0.2, 0.25) is 0 Å². The molecule has 0 spiro atoms. The Kier molecular flexibility index (Phi) is 8.96. The van der Waals surface area contributed by atoms with Gasteiger partial charge in [-0.3, -0.25) is 9.59 Å². The third-order valence-corrected chi connectivity index (χ3v) is 6.77. The van der Waals surface area contributed by atoms with Crippen LogP contribution in [0.4, 0.5) is 0 Å². The smallest absolute Gasteiger partial charge is 0.189 e. The monoisotopic (exact) mass is 518 g/mol. The van der Waals surface area contributed by atoms with Crippen molar-refractivity contribution < 1.29 is 34.4 Å². The number of ether oxygens (including phenoxy) is 2. The minimum absolute atomic E-state index is 0.0292. The Balaban J connectivity index is 2.01. The van der Waals surface area contributed by atoms with Crippen molar-refractivity contribution in [3.05, 3.63) is 82.5 Å². The van der Waals surface area contributed by atoms with E-state index in [1.165, 1.54) is 56.7 Å². The summed E-state index contributed by atoms with van der Waals surface area (Å²) in [6.45, 7) is 5.98. The van der Waals surface area contributed by atoms with Crippen LogP contribution < -0.4 is 9.47 Å². The van der Waals surface area contributed by atoms with Crippen LogP contribution in [-0.2, 0) is 9.59 Å². The van der Waals surface area contributed by atoms with Crippen molar-refractivity contribution in [2.45, 2.75) is 39.7 Å². The summed E-state index contributed by atoms with van der Waals surface area (Å²) >= 11 is 0. The highest BCUT2D eigenvalue weighted by Gasteiger charge is 2.31. The van der Waals surface area contributed by atoms with Crippen LogP contribution in [0.5, 0.6) is 23.0 Å². The van der Waals surface area contributed by atoms with E-state index in [0.717, 1.165) is 17.6 Å². The number of phenols is 2. The van der Waals surface area contributed by atoms with Crippen molar-refractivity contribution in [3.8, 4) is 23.0 Å². The van der Waals surface area contributed by atoms with Gasteiger partial charge in [-0.1, -0.05) is 38.1 Å². The van der Waals surface area contributed by atoms with Gasteiger partial charge in [0.15, 0.2) is 34.6 Å². The van der Waals surface area contributed by atoms with Crippen LogP contribution in [0.1, 0.15) is 44.7 Å². The zero-order valence-corrected chi connectivity index (χ0v) is 22.3. The fourth-order valence-electron chi connectivity index (χ4n) is 4.44. The number of rotatable bonds is 9. The molecule has 1 atom stereocenters. The summed E-state index contributed by atoms with van der Waals surface area (Å²) in [5.74, 6) is -0.673. The average molecular weight is 519 g/mol. The Hall–Kier alpha value is -4.10. The van der Waals surface area contributed by atoms with Gasteiger partial charge in [0.25, 0.3) is 0 Å². The molecule has 0 radical (unpaired) electrons. The Morgan fingerprint density at radius 3 is 2.00 bits per heavy atom. The molecule has 1 aliphatic carbocycles. The van der Waals surface area contributed by atoms with Gasteiger partial charge in [-0.15, -0.1) is 0 Å². The van der Waals surface area contributed by atoms with Crippen LogP contribution >= 0.6 is 0 Å². The lowest BCUT2D eigenvalue weighted by molar-refractivity contribution is -0.116. The standard InChI is InChI=1S/C31H34O7/c1-19-23(31(2,3)15-14-24(19)32)9-13-26(34)22(16-21-8-12-28(36)30(18-21)38-5)25(33)10-6-20-7-11-27(35)29(17-20)37-4/h6-13,16-18,24,32,35-36H,14-15H2,1-5H3. The third-order valence-electron chi connectivity index (χ3n) is 6.77. The number of methoxy groups -OCH3 is 2. The van der Waals surface area contributed by atoms with Crippen molar-refractivity contribution >= 4 is 23.7 Å². The largest absolute Gasteiger partial charge is 0.504 e. The molecule has 2 aromatic carbocycles. The minimum Gasteiger partial charge on any atom is -0.504 e. The lowest BCUT2D eigenvalue weighted by atomic mass is 9.71.